The van der Waals surface area contributed by atoms with E-state index in [9.17, 15) is 14.9 Å². The van der Waals surface area contributed by atoms with E-state index in [2.05, 4.69) is 11.4 Å². The van der Waals surface area contributed by atoms with Gasteiger partial charge < -0.3 is 19.5 Å². The number of ether oxygens (including phenoxy) is 3. The Labute approximate surface area is 110 Å². The van der Waals surface area contributed by atoms with Crippen molar-refractivity contribution in [2.45, 2.75) is 19.3 Å². The minimum atomic E-state index is -1.62. The van der Waals surface area contributed by atoms with Gasteiger partial charge in [-0.3, -0.25) is 9.59 Å². The van der Waals surface area contributed by atoms with E-state index >= 15 is 0 Å². The molecule has 2 fully saturated rings. The Balaban J connectivity index is 2.66. The summed E-state index contributed by atoms with van der Waals surface area (Å²) in [7, 11) is 3.83. The van der Waals surface area contributed by atoms with Crippen LogP contribution in [0.25, 0.3) is 0 Å². The topological polar surface area (TPSA) is 97.7 Å². The predicted molar refractivity (Wildman–Crippen MR) is 61.2 cm³/mol. The highest BCUT2D eigenvalue weighted by molar-refractivity contribution is 6.11. The van der Waals surface area contributed by atoms with Crippen LogP contribution in [-0.4, -0.2) is 39.1 Å². The summed E-state index contributed by atoms with van der Waals surface area (Å²) in [5.41, 5.74) is -2.94. The number of methoxy groups -OCH3 is 3. The lowest BCUT2D eigenvalue weighted by atomic mass is 9.94. The third-order valence-electron chi connectivity index (χ3n) is 4.41. The van der Waals surface area contributed by atoms with Gasteiger partial charge in [0.15, 0.2) is 10.8 Å². The minimum Gasteiger partial charge on any atom is -0.468 e. The van der Waals surface area contributed by atoms with Crippen LogP contribution >= 0.6 is 0 Å². The van der Waals surface area contributed by atoms with E-state index in [1.54, 1.807) is 6.92 Å². The second kappa shape index (κ2) is 3.92. The molecule has 7 heteroatoms. The highest BCUT2D eigenvalue weighted by Crippen LogP contribution is 2.78. The van der Waals surface area contributed by atoms with Crippen molar-refractivity contribution in [3.8, 4) is 6.07 Å². The molecule has 1 saturated heterocycles. The van der Waals surface area contributed by atoms with Gasteiger partial charge in [0.25, 0.3) is 5.91 Å². The summed E-state index contributed by atoms with van der Waals surface area (Å²) in [6.07, 6.45) is 0.463. The molecule has 1 saturated carbocycles. The van der Waals surface area contributed by atoms with E-state index in [0.29, 0.717) is 6.42 Å². The Kier molecular flexibility index (Phi) is 2.84. The molecule has 0 aromatic rings. The van der Waals surface area contributed by atoms with Gasteiger partial charge in [-0.25, -0.2) is 0 Å². The molecular formula is C12H16N2O5. The summed E-state index contributed by atoms with van der Waals surface area (Å²) in [5, 5.41) is 12.1. The molecule has 1 aliphatic carbocycles. The Hall–Kier alpha value is -1.65. The number of amides is 1. The standard InChI is InChI=1S/C12H16N2O5/c1-5-7-10(6-13)11(7,9(16)17-2)8(15)14-12(10,18-3)19-4/h7H,5H2,1-4H3,(H,14,15)/t7-,10-,11-/m1/s1. The maximum atomic E-state index is 12.3. The molecule has 0 spiro atoms. The first-order valence-corrected chi connectivity index (χ1v) is 5.91. The lowest BCUT2D eigenvalue weighted by molar-refractivity contribution is -0.250. The quantitative estimate of drug-likeness (QED) is 0.430. The second-order valence-electron chi connectivity index (χ2n) is 4.66. The van der Waals surface area contributed by atoms with Crippen molar-refractivity contribution in [1.82, 2.24) is 5.32 Å². The summed E-state index contributed by atoms with van der Waals surface area (Å²) >= 11 is 0. The highest BCUT2D eigenvalue weighted by atomic mass is 16.7. The molecule has 1 heterocycles. The number of piperidine rings is 1. The van der Waals surface area contributed by atoms with Gasteiger partial charge in [0.05, 0.1) is 13.2 Å². The van der Waals surface area contributed by atoms with Crippen LogP contribution in [-0.2, 0) is 23.8 Å². The van der Waals surface area contributed by atoms with Crippen molar-refractivity contribution in [1.29, 1.82) is 5.26 Å². The first kappa shape index (κ1) is 13.8. The first-order chi connectivity index (χ1) is 8.98. The molecule has 104 valence electrons. The van der Waals surface area contributed by atoms with Crippen LogP contribution in [0.4, 0.5) is 0 Å². The fraction of sp³-hybridized carbons (Fsp3) is 0.750. The number of hydrogen-bond acceptors (Lipinski definition) is 6. The van der Waals surface area contributed by atoms with Crippen LogP contribution in [0, 0.1) is 28.1 Å². The average Bonchev–Trinajstić information content (AvgIpc) is 3.01. The van der Waals surface area contributed by atoms with Crippen LogP contribution in [0.15, 0.2) is 0 Å². The fourth-order valence-electron chi connectivity index (χ4n) is 3.64. The van der Waals surface area contributed by atoms with Crippen molar-refractivity contribution < 1.29 is 23.8 Å². The molecule has 0 aromatic carbocycles. The zero-order valence-electron chi connectivity index (χ0n) is 11.3. The third kappa shape index (κ3) is 1.06. The summed E-state index contributed by atoms with van der Waals surface area (Å²) in [5.74, 6) is -3.43. The summed E-state index contributed by atoms with van der Waals surface area (Å²) in [6, 6.07) is 2.06. The number of nitrogens with one attached hydrogen (secondary N) is 1. The molecule has 2 aliphatic rings. The number of carbonyl (C=O) groups excluding carboxylic acids is 2. The lowest BCUT2D eigenvalue weighted by Gasteiger charge is -2.32. The van der Waals surface area contributed by atoms with Gasteiger partial charge in [-0.05, 0) is 6.42 Å². The number of nitrogens with zero attached hydrogens (tertiary/aromatic N) is 1. The van der Waals surface area contributed by atoms with Crippen LogP contribution < -0.4 is 5.32 Å². The molecule has 3 atom stereocenters. The monoisotopic (exact) mass is 268 g/mol. The van der Waals surface area contributed by atoms with Crippen LogP contribution in [0.2, 0.25) is 0 Å². The van der Waals surface area contributed by atoms with E-state index in [1.165, 1.54) is 21.3 Å². The molecule has 19 heavy (non-hydrogen) atoms. The van der Waals surface area contributed by atoms with Crippen molar-refractivity contribution in [3.63, 3.8) is 0 Å². The van der Waals surface area contributed by atoms with Gasteiger partial charge >= 0.3 is 5.97 Å². The van der Waals surface area contributed by atoms with E-state index in [4.69, 9.17) is 14.2 Å². The molecular weight excluding hydrogens is 252 g/mol. The van der Waals surface area contributed by atoms with Crippen molar-refractivity contribution in [2.75, 3.05) is 21.3 Å². The maximum absolute atomic E-state index is 12.3. The van der Waals surface area contributed by atoms with Gasteiger partial charge in [0.2, 0.25) is 5.91 Å². The molecule has 0 unspecified atom stereocenters. The predicted octanol–water partition coefficient (Wildman–Crippen LogP) is -0.228. The van der Waals surface area contributed by atoms with Crippen molar-refractivity contribution in [3.05, 3.63) is 0 Å². The van der Waals surface area contributed by atoms with E-state index in [0.717, 1.165) is 0 Å². The highest BCUT2D eigenvalue weighted by Gasteiger charge is 2.97. The third-order valence-corrected chi connectivity index (χ3v) is 4.41. The second-order valence-corrected chi connectivity index (χ2v) is 4.66. The zero-order valence-corrected chi connectivity index (χ0v) is 11.3. The molecule has 0 aromatic heterocycles. The summed E-state index contributed by atoms with van der Waals surface area (Å²) in [4.78, 5) is 24.4. The van der Waals surface area contributed by atoms with Crippen LogP contribution in [0.5, 0.6) is 0 Å². The number of fused-ring (bicyclic) bond motifs is 1. The van der Waals surface area contributed by atoms with Gasteiger partial charge in [-0.1, -0.05) is 6.92 Å². The zero-order chi connectivity index (χ0) is 14.5. The first-order valence-electron chi connectivity index (χ1n) is 5.91. The van der Waals surface area contributed by atoms with Crippen molar-refractivity contribution >= 4 is 11.9 Å². The van der Waals surface area contributed by atoms with Gasteiger partial charge in [0.1, 0.15) is 0 Å². The maximum Gasteiger partial charge on any atom is 0.323 e. The fourth-order valence-corrected chi connectivity index (χ4v) is 3.64. The number of nitriles is 1. The summed E-state index contributed by atoms with van der Waals surface area (Å²) < 4.78 is 15.2. The largest absolute Gasteiger partial charge is 0.468 e. The Morgan fingerprint density at radius 3 is 2.37 bits per heavy atom. The molecule has 1 N–H and O–H groups in total. The van der Waals surface area contributed by atoms with E-state index < -0.39 is 34.5 Å². The average molecular weight is 268 g/mol. The van der Waals surface area contributed by atoms with Crippen LogP contribution in [0.1, 0.15) is 13.3 Å². The molecule has 1 amide bonds. The number of esters is 1. The van der Waals surface area contributed by atoms with Gasteiger partial charge in [0, 0.05) is 20.1 Å². The molecule has 2 rings (SSSR count). The van der Waals surface area contributed by atoms with Crippen molar-refractivity contribution in [2.24, 2.45) is 16.7 Å². The molecule has 0 bridgehead atoms. The Morgan fingerprint density at radius 1 is 1.42 bits per heavy atom. The lowest BCUT2D eigenvalue weighted by Crippen LogP contribution is -2.54. The minimum absolute atomic E-state index is 0.463. The molecule has 7 nitrogen and oxygen atoms in total. The van der Waals surface area contributed by atoms with Crippen LogP contribution in [0.3, 0.4) is 0 Å². The molecule has 1 aliphatic heterocycles. The van der Waals surface area contributed by atoms with Gasteiger partial charge in [-0.2, -0.15) is 5.26 Å². The number of hydrogen-bond donors (Lipinski definition) is 1. The van der Waals surface area contributed by atoms with E-state index in [-0.39, 0.29) is 0 Å². The molecule has 0 radical (unpaired) electrons. The normalized spacial score (nSPS) is 38.1. The Bertz CT molecular complexity index is 481. The number of rotatable bonds is 4. The Morgan fingerprint density at radius 2 is 2.00 bits per heavy atom. The van der Waals surface area contributed by atoms with Gasteiger partial charge in [-0.15, -0.1) is 0 Å². The smallest absolute Gasteiger partial charge is 0.323 e. The number of carbonyl (C=O) groups is 2. The van der Waals surface area contributed by atoms with E-state index in [1.807, 2.05) is 0 Å². The SMILES string of the molecule is CC[C@H]1[C@]2(C(=O)OC)C(=O)NC(OC)(OC)[C@]12C#N. The summed E-state index contributed by atoms with van der Waals surface area (Å²) in [6.45, 7) is 1.80.